The summed E-state index contributed by atoms with van der Waals surface area (Å²) < 4.78 is 10.8. The Morgan fingerprint density at radius 3 is 2.38 bits per heavy atom. The van der Waals surface area contributed by atoms with Crippen LogP contribution in [0.5, 0.6) is 11.5 Å². The standard InChI is InChI=1S/C20H19N3O2S/c1-3-25-17-10-6-15(7-11-17)19-13-26-20-22-21-18(12-23(19)20)14-4-8-16(24-2)9-5-14/h4-13,21H,3H2,1-2H3. The molecule has 6 heteroatoms. The topological polar surface area (TPSA) is 46.1 Å². The molecule has 0 aromatic heterocycles. The third-order valence-electron chi connectivity index (χ3n) is 4.13. The fourth-order valence-corrected chi connectivity index (χ4v) is 3.63. The molecule has 2 aromatic carbocycles. The molecule has 0 saturated heterocycles. The molecule has 2 aliphatic rings. The molecule has 0 bridgehead atoms. The first-order valence-corrected chi connectivity index (χ1v) is 9.25. The maximum absolute atomic E-state index is 5.53. The van der Waals surface area contributed by atoms with Gasteiger partial charge in [0.1, 0.15) is 11.5 Å². The minimum atomic E-state index is 0.667. The number of nitrogens with zero attached hydrogens (tertiary/aromatic N) is 2. The zero-order valence-electron chi connectivity index (χ0n) is 14.6. The molecule has 0 saturated carbocycles. The number of nitrogens with one attached hydrogen (secondary N) is 1. The molecule has 2 aromatic rings. The van der Waals surface area contributed by atoms with Crippen molar-refractivity contribution in [2.24, 2.45) is 5.10 Å². The molecule has 0 unspecified atom stereocenters. The lowest BCUT2D eigenvalue weighted by Gasteiger charge is -2.24. The molecule has 0 radical (unpaired) electrons. The molecule has 0 aliphatic carbocycles. The second-order valence-corrected chi connectivity index (χ2v) is 6.56. The third-order valence-corrected chi connectivity index (χ3v) is 4.97. The second kappa shape index (κ2) is 7.17. The quantitative estimate of drug-likeness (QED) is 0.855. The summed E-state index contributed by atoms with van der Waals surface area (Å²) in [6.07, 6.45) is 2.08. The van der Waals surface area contributed by atoms with Crippen molar-refractivity contribution in [3.8, 4) is 11.5 Å². The summed E-state index contributed by atoms with van der Waals surface area (Å²) in [7, 11) is 1.67. The minimum absolute atomic E-state index is 0.667. The van der Waals surface area contributed by atoms with Gasteiger partial charge in [0.25, 0.3) is 0 Å². The van der Waals surface area contributed by atoms with Gasteiger partial charge in [0, 0.05) is 17.2 Å². The Bertz CT molecular complexity index is 886. The molecule has 4 rings (SSSR count). The lowest BCUT2D eigenvalue weighted by molar-refractivity contribution is 0.340. The van der Waals surface area contributed by atoms with Gasteiger partial charge in [0.05, 0.1) is 25.1 Å². The highest BCUT2D eigenvalue weighted by atomic mass is 32.2. The van der Waals surface area contributed by atoms with Crippen molar-refractivity contribution >= 4 is 28.3 Å². The average molecular weight is 365 g/mol. The van der Waals surface area contributed by atoms with Crippen LogP contribution >= 0.6 is 11.8 Å². The lowest BCUT2D eigenvalue weighted by Crippen LogP contribution is -2.26. The zero-order chi connectivity index (χ0) is 17.9. The van der Waals surface area contributed by atoms with Crippen molar-refractivity contribution in [1.29, 1.82) is 0 Å². The van der Waals surface area contributed by atoms with E-state index >= 15 is 0 Å². The molecule has 0 fully saturated rings. The Hall–Kier alpha value is -2.86. The van der Waals surface area contributed by atoms with Gasteiger partial charge in [-0.2, -0.15) is 0 Å². The maximum atomic E-state index is 5.53. The van der Waals surface area contributed by atoms with Crippen LogP contribution in [0.1, 0.15) is 18.1 Å². The van der Waals surface area contributed by atoms with Crippen molar-refractivity contribution in [2.45, 2.75) is 6.92 Å². The number of amidine groups is 1. The van der Waals surface area contributed by atoms with Crippen molar-refractivity contribution in [3.05, 3.63) is 71.3 Å². The van der Waals surface area contributed by atoms with Crippen LogP contribution in [-0.4, -0.2) is 23.8 Å². The number of benzene rings is 2. The average Bonchev–Trinajstić information content (AvgIpc) is 3.12. The largest absolute Gasteiger partial charge is 0.497 e. The molecule has 0 amide bonds. The highest BCUT2D eigenvalue weighted by Crippen LogP contribution is 2.36. The Balaban J connectivity index is 1.60. The Morgan fingerprint density at radius 1 is 1.00 bits per heavy atom. The Labute approximate surface area is 157 Å². The first-order chi connectivity index (χ1) is 12.8. The van der Waals surface area contributed by atoms with Crippen LogP contribution in [0, 0.1) is 0 Å². The predicted octanol–water partition coefficient (Wildman–Crippen LogP) is 4.31. The summed E-state index contributed by atoms with van der Waals surface area (Å²) in [5, 5.41) is 7.52. The van der Waals surface area contributed by atoms with Crippen LogP contribution < -0.4 is 14.9 Å². The van der Waals surface area contributed by atoms with Gasteiger partial charge in [0.15, 0.2) is 5.17 Å². The van der Waals surface area contributed by atoms with E-state index in [1.807, 2.05) is 43.3 Å². The van der Waals surface area contributed by atoms with Gasteiger partial charge in [-0.05, 0) is 61.0 Å². The minimum Gasteiger partial charge on any atom is -0.497 e. The summed E-state index contributed by atoms with van der Waals surface area (Å²) in [5.41, 5.74) is 7.35. The number of thioether (sulfide) groups is 1. The molecule has 2 aliphatic heterocycles. The van der Waals surface area contributed by atoms with Gasteiger partial charge in [-0.15, -0.1) is 5.10 Å². The van der Waals surface area contributed by atoms with E-state index in [2.05, 4.69) is 39.2 Å². The molecule has 0 spiro atoms. The summed E-state index contributed by atoms with van der Waals surface area (Å²) in [6, 6.07) is 16.1. The molecule has 26 heavy (non-hydrogen) atoms. The van der Waals surface area contributed by atoms with Crippen LogP contribution in [0.2, 0.25) is 0 Å². The molecule has 2 heterocycles. The highest BCUT2D eigenvalue weighted by molar-refractivity contribution is 8.16. The molecule has 132 valence electrons. The molecular formula is C20H19N3O2S. The van der Waals surface area contributed by atoms with Crippen LogP contribution in [0.4, 0.5) is 0 Å². The number of hydrogen-bond donors (Lipinski definition) is 1. The molecule has 0 atom stereocenters. The fraction of sp³-hybridized carbons (Fsp3) is 0.150. The van der Waals surface area contributed by atoms with Gasteiger partial charge < -0.3 is 9.47 Å². The van der Waals surface area contributed by atoms with Crippen molar-refractivity contribution in [2.75, 3.05) is 13.7 Å². The third kappa shape index (κ3) is 3.15. The Morgan fingerprint density at radius 2 is 1.69 bits per heavy atom. The summed E-state index contributed by atoms with van der Waals surface area (Å²) in [5.74, 6) is 1.72. The summed E-state index contributed by atoms with van der Waals surface area (Å²) in [4.78, 5) is 2.11. The van der Waals surface area contributed by atoms with Crippen LogP contribution in [0.25, 0.3) is 11.4 Å². The van der Waals surface area contributed by atoms with E-state index in [0.29, 0.717) is 6.61 Å². The SMILES string of the molecule is CCOc1ccc(C2=CSC3=NNC(c4ccc(OC)cc4)=CN23)cc1. The zero-order valence-corrected chi connectivity index (χ0v) is 15.4. The fourth-order valence-electron chi connectivity index (χ4n) is 2.80. The monoisotopic (exact) mass is 365 g/mol. The number of rotatable bonds is 5. The van der Waals surface area contributed by atoms with E-state index in [9.17, 15) is 0 Å². The number of hydrazone groups is 1. The first-order valence-electron chi connectivity index (χ1n) is 8.37. The van der Waals surface area contributed by atoms with Crippen LogP contribution in [0.15, 0.2) is 65.2 Å². The second-order valence-electron chi connectivity index (χ2n) is 5.73. The van der Waals surface area contributed by atoms with Gasteiger partial charge >= 0.3 is 0 Å². The first kappa shape index (κ1) is 16.6. The lowest BCUT2D eigenvalue weighted by atomic mass is 10.1. The molecular weight excluding hydrogens is 346 g/mol. The van der Waals surface area contributed by atoms with Crippen molar-refractivity contribution in [1.82, 2.24) is 10.3 Å². The van der Waals surface area contributed by atoms with E-state index in [1.165, 1.54) is 0 Å². The van der Waals surface area contributed by atoms with Gasteiger partial charge in [-0.25, -0.2) is 0 Å². The highest BCUT2D eigenvalue weighted by Gasteiger charge is 2.26. The maximum Gasteiger partial charge on any atom is 0.196 e. The van der Waals surface area contributed by atoms with E-state index in [-0.39, 0.29) is 0 Å². The number of hydrogen-bond acceptors (Lipinski definition) is 6. The van der Waals surface area contributed by atoms with Crippen LogP contribution in [-0.2, 0) is 0 Å². The normalized spacial score (nSPS) is 15.5. The summed E-state index contributed by atoms with van der Waals surface area (Å²) in [6.45, 7) is 2.65. The van der Waals surface area contributed by atoms with E-state index in [4.69, 9.17) is 9.47 Å². The van der Waals surface area contributed by atoms with Gasteiger partial charge in [-0.3, -0.25) is 10.3 Å². The Kier molecular flexibility index (Phi) is 4.58. The predicted molar refractivity (Wildman–Crippen MR) is 107 cm³/mol. The van der Waals surface area contributed by atoms with Crippen molar-refractivity contribution < 1.29 is 9.47 Å². The molecule has 5 nitrogen and oxygen atoms in total. The van der Waals surface area contributed by atoms with Gasteiger partial charge in [0.2, 0.25) is 0 Å². The van der Waals surface area contributed by atoms with E-state index < -0.39 is 0 Å². The van der Waals surface area contributed by atoms with Crippen molar-refractivity contribution in [3.63, 3.8) is 0 Å². The number of fused-ring (bicyclic) bond motifs is 1. The van der Waals surface area contributed by atoms with Crippen LogP contribution in [0.3, 0.4) is 0 Å². The van der Waals surface area contributed by atoms with E-state index in [0.717, 1.165) is 39.2 Å². The smallest absolute Gasteiger partial charge is 0.196 e. The van der Waals surface area contributed by atoms with Gasteiger partial charge in [-0.1, -0.05) is 11.8 Å². The number of methoxy groups -OCH3 is 1. The van der Waals surface area contributed by atoms with E-state index in [1.54, 1.807) is 18.9 Å². The number of ether oxygens (including phenoxy) is 2. The summed E-state index contributed by atoms with van der Waals surface area (Å²) >= 11 is 1.60. The molecule has 1 N–H and O–H groups in total.